The molecule has 0 saturated carbocycles. The zero-order chi connectivity index (χ0) is 20.1. The number of aromatic nitrogens is 1. The first-order valence-corrected chi connectivity index (χ1v) is 10.8. The molecule has 0 unspecified atom stereocenters. The second-order valence-corrected chi connectivity index (χ2v) is 8.57. The Labute approximate surface area is 182 Å². The predicted molar refractivity (Wildman–Crippen MR) is 120 cm³/mol. The number of rotatable bonds is 7. The van der Waals surface area contributed by atoms with Gasteiger partial charge < -0.3 is 5.32 Å². The predicted octanol–water partition coefficient (Wildman–Crippen LogP) is 5.39. The van der Waals surface area contributed by atoms with Crippen LogP contribution in [0.25, 0.3) is 0 Å². The maximum atomic E-state index is 6.11. The maximum absolute atomic E-state index is 6.11. The van der Waals surface area contributed by atoms with E-state index in [0.717, 1.165) is 43.4 Å². The van der Waals surface area contributed by atoms with E-state index in [4.69, 9.17) is 23.2 Å². The lowest BCUT2D eigenvalue weighted by molar-refractivity contribution is 0.313. The van der Waals surface area contributed by atoms with E-state index >= 15 is 0 Å². The molecule has 1 N–H and O–H groups in total. The average molecular weight is 426 g/mol. The maximum Gasteiger partial charge on any atom is 0.0589 e. The van der Waals surface area contributed by atoms with Crippen LogP contribution in [0.3, 0.4) is 0 Å². The summed E-state index contributed by atoms with van der Waals surface area (Å²) in [6.45, 7) is 4.81. The van der Waals surface area contributed by atoms with Gasteiger partial charge in [-0.2, -0.15) is 0 Å². The van der Waals surface area contributed by atoms with Crippen molar-refractivity contribution in [1.82, 2.24) is 15.2 Å². The van der Waals surface area contributed by atoms with Gasteiger partial charge in [-0.05, 0) is 41.3 Å². The van der Waals surface area contributed by atoms with E-state index in [1.165, 1.54) is 11.1 Å². The fraction of sp³-hybridized carbons (Fsp3) is 0.292. The first-order valence-electron chi connectivity index (χ1n) is 10.0. The minimum Gasteiger partial charge on any atom is -0.311 e. The highest BCUT2D eigenvalue weighted by Gasteiger charge is 2.33. The van der Waals surface area contributed by atoms with Crippen molar-refractivity contribution in [3.8, 4) is 0 Å². The molecule has 2 atom stereocenters. The number of nitrogens with one attached hydrogen (secondary N) is 1. The Morgan fingerprint density at radius 3 is 2.38 bits per heavy atom. The smallest absolute Gasteiger partial charge is 0.0589 e. The average Bonchev–Trinajstić information content (AvgIpc) is 3.13. The van der Waals surface area contributed by atoms with Gasteiger partial charge in [0.25, 0.3) is 0 Å². The van der Waals surface area contributed by atoms with Crippen LogP contribution in [0.2, 0.25) is 10.0 Å². The minimum atomic E-state index is 0.488. The van der Waals surface area contributed by atoms with Gasteiger partial charge in [0.2, 0.25) is 0 Å². The second-order valence-electron chi connectivity index (χ2n) is 7.70. The van der Waals surface area contributed by atoms with E-state index in [9.17, 15) is 0 Å². The SMILES string of the molecule is Clc1ccc([C@H]2CN(Cc3ccccc3)C[C@H]2CNCc2ccc(Cl)cn2)cc1. The quantitative estimate of drug-likeness (QED) is 0.549. The first kappa shape index (κ1) is 20.4. The highest BCUT2D eigenvalue weighted by molar-refractivity contribution is 6.30. The highest BCUT2D eigenvalue weighted by atomic mass is 35.5. The van der Waals surface area contributed by atoms with E-state index in [1.54, 1.807) is 6.20 Å². The molecule has 1 saturated heterocycles. The Kier molecular flexibility index (Phi) is 6.83. The van der Waals surface area contributed by atoms with Crippen LogP contribution < -0.4 is 5.32 Å². The van der Waals surface area contributed by atoms with Crippen LogP contribution in [0.5, 0.6) is 0 Å². The Balaban J connectivity index is 1.42. The third-order valence-electron chi connectivity index (χ3n) is 5.57. The van der Waals surface area contributed by atoms with Gasteiger partial charge >= 0.3 is 0 Å². The molecule has 0 radical (unpaired) electrons. The third kappa shape index (κ3) is 5.58. The zero-order valence-corrected chi connectivity index (χ0v) is 17.8. The molecule has 1 fully saturated rings. The molecule has 3 nitrogen and oxygen atoms in total. The van der Waals surface area contributed by atoms with Gasteiger partial charge in [0.1, 0.15) is 0 Å². The van der Waals surface area contributed by atoms with Crippen molar-refractivity contribution in [2.24, 2.45) is 5.92 Å². The third-order valence-corrected chi connectivity index (χ3v) is 6.04. The molecule has 4 rings (SSSR count). The number of pyridine rings is 1. The summed E-state index contributed by atoms with van der Waals surface area (Å²) in [6.07, 6.45) is 1.70. The topological polar surface area (TPSA) is 28.2 Å². The monoisotopic (exact) mass is 425 g/mol. The summed E-state index contributed by atoms with van der Waals surface area (Å²) in [4.78, 5) is 6.94. The standard InChI is InChI=1S/C24H25Cl2N3/c25-21-8-6-19(7-9-21)24-17-29(15-18-4-2-1-3-5-18)16-20(24)12-27-14-23-11-10-22(26)13-28-23/h1-11,13,20,24,27H,12,14-17H2/t20-,24-/m1/s1. The Hall–Kier alpha value is -1.91. The summed E-state index contributed by atoms with van der Waals surface area (Å²) in [6, 6.07) is 22.9. The van der Waals surface area contributed by atoms with Crippen molar-refractivity contribution in [3.05, 3.63) is 99.8 Å². The van der Waals surface area contributed by atoms with Gasteiger partial charge in [0.05, 0.1) is 10.7 Å². The largest absolute Gasteiger partial charge is 0.311 e. The number of halogens is 2. The number of benzene rings is 2. The van der Waals surface area contributed by atoms with Crippen molar-refractivity contribution < 1.29 is 0 Å². The van der Waals surface area contributed by atoms with Gasteiger partial charge in [0.15, 0.2) is 0 Å². The number of likely N-dealkylation sites (tertiary alicyclic amines) is 1. The summed E-state index contributed by atoms with van der Waals surface area (Å²) in [5, 5.41) is 5.06. The van der Waals surface area contributed by atoms with E-state index in [-0.39, 0.29) is 0 Å². The molecule has 2 heterocycles. The molecule has 1 aromatic heterocycles. The molecule has 29 heavy (non-hydrogen) atoms. The van der Waals surface area contributed by atoms with Crippen LogP contribution in [0.1, 0.15) is 22.7 Å². The van der Waals surface area contributed by atoms with Crippen LogP contribution in [-0.4, -0.2) is 29.5 Å². The Morgan fingerprint density at radius 2 is 1.66 bits per heavy atom. The van der Waals surface area contributed by atoms with Crippen LogP contribution in [0, 0.1) is 5.92 Å². The molecule has 5 heteroatoms. The van der Waals surface area contributed by atoms with Gasteiger partial charge in [-0.15, -0.1) is 0 Å². The number of hydrogen-bond donors (Lipinski definition) is 1. The van der Waals surface area contributed by atoms with E-state index in [2.05, 4.69) is 57.7 Å². The lowest BCUT2D eigenvalue weighted by Crippen LogP contribution is -2.27. The highest BCUT2D eigenvalue weighted by Crippen LogP contribution is 2.33. The summed E-state index contributed by atoms with van der Waals surface area (Å²) >= 11 is 12.0. The van der Waals surface area contributed by atoms with Crippen LogP contribution in [-0.2, 0) is 13.1 Å². The molecule has 1 aliphatic heterocycles. The molecule has 0 amide bonds. The van der Waals surface area contributed by atoms with Crippen molar-refractivity contribution in [1.29, 1.82) is 0 Å². The summed E-state index contributed by atoms with van der Waals surface area (Å²) in [5.41, 5.74) is 3.74. The Morgan fingerprint density at radius 1 is 0.897 bits per heavy atom. The molecule has 0 spiro atoms. The van der Waals surface area contributed by atoms with Crippen molar-refractivity contribution in [3.63, 3.8) is 0 Å². The summed E-state index contributed by atoms with van der Waals surface area (Å²) in [7, 11) is 0. The fourth-order valence-electron chi connectivity index (χ4n) is 4.12. The van der Waals surface area contributed by atoms with Gasteiger partial charge in [-0.1, -0.05) is 65.7 Å². The fourth-order valence-corrected chi connectivity index (χ4v) is 4.36. The first-order chi connectivity index (χ1) is 14.2. The molecule has 2 aromatic carbocycles. The molecule has 1 aliphatic rings. The second kappa shape index (κ2) is 9.73. The van der Waals surface area contributed by atoms with E-state index in [0.29, 0.717) is 16.9 Å². The van der Waals surface area contributed by atoms with E-state index < -0.39 is 0 Å². The van der Waals surface area contributed by atoms with Gasteiger partial charge in [-0.25, -0.2) is 0 Å². The van der Waals surface area contributed by atoms with Crippen LogP contribution >= 0.6 is 23.2 Å². The van der Waals surface area contributed by atoms with E-state index in [1.807, 2.05) is 24.3 Å². The van der Waals surface area contributed by atoms with Crippen molar-refractivity contribution in [2.45, 2.75) is 19.0 Å². The minimum absolute atomic E-state index is 0.488. The number of nitrogens with zero attached hydrogens (tertiary/aromatic N) is 2. The lowest BCUT2D eigenvalue weighted by Gasteiger charge is -2.19. The van der Waals surface area contributed by atoms with Crippen molar-refractivity contribution >= 4 is 23.2 Å². The molecular weight excluding hydrogens is 401 g/mol. The summed E-state index contributed by atoms with van der Waals surface area (Å²) < 4.78 is 0. The molecule has 0 bridgehead atoms. The van der Waals surface area contributed by atoms with Gasteiger partial charge in [-0.3, -0.25) is 9.88 Å². The summed E-state index contributed by atoms with van der Waals surface area (Å²) in [5.74, 6) is 1.02. The Bertz CT molecular complexity index is 898. The molecule has 3 aromatic rings. The van der Waals surface area contributed by atoms with Crippen LogP contribution in [0.15, 0.2) is 72.9 Å². The zero-order valence-electron chi connectivity index (χ0n) is 16.3. The molecule has 0 aliphatic carbocycles. The van der Waals surface area contributed by atoms with Crippen LogP contribution in [0.4, 0.5) is 0 Å². The normalized spacial score (nSPS) is 19.5. The van der Waals surface area contributed by atoms with Gasteiger partial charge in [0, 0.05) is 49.9 Å². The van der Waals surface area contributed by atoms with Crippen molar-refractivity contribution in [2.75, 3.05) is 19.6 Å². The molecule has 150 valence electrons. The lowest BCUT2D eigenvalue weighted by atomic mass is 9.89. The molecular formula is C24H25Cl2N3. The number of hydrogen-bond acceptors (Lipinski definition) is 3.